The van der Waals surface area contributed by atoms with Crippen molar-refractivity contribution in [2.75, 3.05) is 26.2 Å². The first-order valence-corrected chi connectivity index (χ1v) is 10.5. The average Bonchev–Trinajstić information content (AvgIpc) is 2.74. The topological polar surface area (TPSA) is 24.5 Å². The third-order valence-corrected chi connectivity index (χ3v) is 5.50. The minimum Gasteiger partial charge on any atom is -0.489 e. The van der Waals surface area contributed by atoms with Crippen molar-refractivity contribution in [3.05, 3.63) is 101 Å². The first kappa shape index (κ1) is 19.7. The molecule has 0 saturated carbocycles. The number of nitrogens with one attached hydrogen (secondary N) is 1. The van der Waals surface area contributed by atoms with Crippen LogP contribution in [0.3, 0.4) is 0 Å². The van der Waals surface area contributed by atoms with Crippen LogP contribution in [0.4, 0.5) is 0 Å². The highest BCUT2D eigenvalue weighted by Crippen LogP contribution is 2.32. The molecule has 4 rings (SSSR count). The molecule has 1 N–H and O–H groups in total. The maximum atomic E-state index is 6.12. The molecule has 1 aliphatic rings. The third kappa shape index (κ3) is 5.06. The van der Waals surface area contributed by atoms with Crippen LogP contribution >= 0.6 is 0 Å². The lowest BCUT2D eigenvalue weighted by Crippen LogP contribution is -2.45. The normalized spacial score (nSPS) is 15.8. The van der Waals surface area contributed by atoms with E-state index < -0.39 is 0 Å². The second-order valence-electron chi connectivity index (χ2n) is 7.96. The fraction of sp³-hybridized carbons (Fsp3) is 0.308. The zero-order valence-corrected chi connectivity index (χ0v) is 17.4. The van der Waals surface area contributed by atoms with Crippen LogP contribution in [0.2, 0.25) is 0 Å². The lowest BCUT2D eigenvalue weighted by Gasteiger charge is -2.36. The lowest BCUT2D eigenvalue weighted by molar-refractivity contribution is 0.198. The Kier molecular flexibility index (Phi) is 6.28. The standard InChI is InChI=1S/C26H30N2O/c1-20-15-21(2)17-24(16-20)26(28-13-11-27-12-14-28)23-9-6-10-25(18-23)29-19-22-7-4-3-5-8-22/h3-10,15-18,26-27H,11-14,19H2,1-2H3. The maximum absolute atomic E-state index is 6.12. The van der Waals surface area contributed by atoms with Crippen LogP contribution in [-0.2, 0) is 6.61 Å². The molecule has 1 fully saturated rings. The molecule has 0 bridgehead atoms. The van der Waals surface area contributed by atoms with Crippen molar-refractivity contribution in [3.63, 3.8) is 0 Å². The summed E-state index contributed by atoms with van der Waals surface area (Å²) >= 11 is 0. The molecule has 1 atom stereocenters. The monoisotopic (exact) mass is 386 g/mol. The fourth-order valence-corrected chi connectivity index (χ4v) is 4.24. The van der Waals surface area contributed by atoms with Gasteiger partial charge in [-0.25, -0.2) is 0 Å². The molecule has 0 aliphatic carbocycles. The van der Waals surface area contributed by atoms with Gasteiger partial charge in [-0.2, -0.15) is 0 Å². The fourth-order valence-electron chi connectivity index (χ4n) is 4.24. The molecular weight excluding hydrogens is 356 g/mol. The summed E-state index contributed by atoms with van der Waals surface area (Å²) in [6.45, 7) is 9.12. The Balaban J connectivity index is 1.63. The van der Waals surface area contributed by atoms with Gasteiger partial charge in [0.05, 0.1) is 6.04 Å². The van der Waals surface area contributed by atoms with E-state index in [2.05, 4.69) is 90.8 Å². The quantitative estimate of drug-likeness (QED) is 0.654. The Labute approximate surface area is 174 Å². The number of aryl methyl sites for hydroxylation is 2. The van der Waals surface area contributed by atoms with Gasteiger partial charge in [-0.3, -0.25) is 4.90 Å². The molecule has 3 aromatic carbocycles. The Morgan fingerprint density at radius 1 is 0.828 bits per heavy atom. The van der Waals surface area contributed by atoms with Crippen LogP contribution < -0.4 is 10.1 Å². The van der Waals surface area contributed by atoms with E-state index in [9.17, 15) is 0 Å². The second kappa shape index (κ2) is 9.25. The van der Waals surface area contributed by atoms with Crippen molar-refractivity contribution in [2.45, 2.75) is 26.5 Å². The summed E-state index contributed by atoms with van der Waals surface area (Å²) in [5.74, 6) is 0.927. The van der Waals surface area contributed by atoms with E-state index in [1.165, 1.54) is 27.8 Å². The summed E-state index contributed by atoms with van der Waals surface area (Å²) in [6, 6.07) is 26.1. The summed E-state index contributed by atoms with van der Waals surface area (Å²) < 4.78 is 6.12. The molecule has 0 aromatic heterocycles. The summed E-state index contributed by atoms with van der Waals surface area (Å²) in [4.78, 5) is 2.58. The molecule has 1 heterocycles. The predicted molar refractivity (Wildman–Crippen MR) is 119 cm³/mol. The molecule has 150 valence electrons. The van der Waals surface area contributed by atoms with Crippen molar-refractivity contribution < 1.29 is 4.74 Å². The highest BCUT2D eigenvalue weighted by atomic mass is 16.5. The first-order chi connectivity index (χ1) is 14.2. The first-order valence-electron chi connectivity index (χ1n) is 10.5. The van der Waals surface area contributed by atoms with Gasteiger partial charge >= 0.3 is 0 Å². The van der Waals surface area contributed by atoms with E-state index in [1.54, 1.807) is 0 Å². The Bertz CT molecular complexity index is 912. The van der Waals surface area contributed by atoms with Gasteiger partial charge in [0.15, 0.2) is 0 Å². The van der Waals surface area contributed by atoms with Crippen LogP contribution in [0.15, 0.2) is 72.8 Å². The number of benzene rings is 3. The van der Waals surface area contributed by atoms with Gasteiger partial charge in [0, 0.05) is 26.2 Å². The molecule has 1 aliphatic heterocycles. The van der Waals surface area contributed by atoms with E-state index in [0.29, 0.717) is 6.61 Å². The number of nitrogens with zero attached hydrogens (tertiary/aromatic N) is 1. The number of ether oxygens (including phenoxy) is 1. The highest BCUT2D eigenvalue weighted by Gasteiger charge is 2.24. The number of hydrogen-bond donors (Lipinski definition) is 1. The van der Waals surface area contributed by atoms with E-state index in [-0.39, 0.29) is 6.04 Å². The Hall–Kier alpha value is -2.62. The van der Waals surface area contributed by atoms with Crippen LogP contribution in [0, 0.1) is 13.8 Å². The molecule has 0 spiro atoms. The molecule has 3 heteroatoms. The summed E-state index contributed by atoms with van der Waals surface area (Å²) in [5, 5.41) is 3.48. The van der Waals surface area contributed by atoms with Crippen molar-refractivity contribution in [3.8, 4) is 5.75 Å². The second-order valence-corrected chi connectivity index (χ2v) is 7.96. The van der Waals surface area contributed by atoms with E-state index in [4.69, 9.17) is 4.74 Å². The average molecular weight is 387 g/mol. The van der Waals surface area contributed by atoms with Crippen molar-refractivity contribution >= 4 is 0 Å². The Morgan fingerprint density at radius 2 is 1.55 bits per heavy atom. The van der Waals surface area contributed by atoms with Gasteiger partial charge in [0.25, 0.3) is 0 Å². The zero-order valence-electron chi connectivity index (χ0n) is 17.4. The molecule has 0 radical (unpaired) electrons. The van der Waals surface area contributed by atoms with E-state index in [0.717, 1.165) is 31.9 Å². The SMILES string of the molecule is Cc1cc(C)cc(C(c2cccc(OCc3ccccc3)c2)N2CCNCC2)c1. The molecular formula is C26H30N2O. The molecule has 0 amide bonds. The van der Waals surface area contributed by atoms with Crippen LogP contribution in [0.5, 0.6) is 5.75 Å². The van der Waals surface area contributed by atoms with Crippen LogP contribution in [-0.4, -0.2) is 31.1 Å². The molecule has 29 heavy (non-hydrogen) atoms. The zero-order chi connectivity index (χ0) is 20.1. The largest absolute Gasteiger partial charge is 0.489 e. The van der Waals surface area contributed by atoms with Crippen molar-refractivity contribution in [1.29, 1.82) is 0 Å². The van der Waals surface area contributed by atoms with Gasteiger partial charge in [0.1, 0.15) is 12.4 Å². The summed E-state index contributed by atoms with van der Waals surface area (Å²) in [7, 11) is 0. The van der Waals surface area contributed by atoms with Gasteiger partial charge in [-0.15, -0.1) is 0 Å². The van der Waals surface area contributed by atoms with Crippen LogP contribution in [0.25, 0.3) is 0 Å². The smallest absolute Gasteiger partial charge is 0.120 e. The van der Waals surface area contributed by atoms with Gasteiger partial charge in [-0.05, 0) is 42.7 Å². The summed E-state index contributed by atoms with van der Waals surface area (Å²) in [6.07, 6.45) is 0. The molecule has 3 aromatic rings. The molecule has 1 saturated heterocycles. The van der Waals surface area contributed by atoms with Crippen molar-refractivity contribution in [1.82, 2.24) is 10.2 Å². The summed E-state index contributed by atoms with van der Waals surface area (Å²) in [5.41, 5.74) is 6.48. The maximum Gasteiger partial charge on any atom is 0.120 e. The number of piperazine rings is 1. The minimum atomic E-state index is 0.246. The van der Waals surface area contributed by atoms with Gasteiger partial charge < -0.3 is 10.1 Å². The number of rotatable bonds is 6. The van der Waals surface area contributed by atoms with E-state index >= 15 is 0 Å². The minimum absolute atomic E-state index is 0.246. The molecule has 1 unspecified atom stereocenters. The number of hydrogen-bond acceptors (Lipinski definition) is 3. The van der Waals surface area contributed by atoms with Crippen molar-refractivity contribution in [2.24, 2.45) is 0 Å². The lowest BCUT2D eigenvalue weighted by atomic mass is 9.93. The highest BCUT2D eigenvalue weighted by molar-refractivity contribution is 5.40. The molecule has 3 nitrogen and oxygen atoms in total. The predicted octanol–water partition coefficient (Wildman–Crippen LogP) is 4.88. The van der Waals surface area contributed by atoms with Crippen LogP contribution in [0.1, 0.15) is 33.9 Å². The van der Waals surface area contributed by atoms with Gasteiger partial charge in [-0.1, -0.05) is 71.8 Å². The third-order valence-electron chi connectivity index (χ3n) is 5.50. The van der Waals surface area contributed by atoms with E-state index in [1.807, 2.05) is 6.07 Å². The Morgan fingerprint density at radius 3 is 2.28 bits per heavy atom. The van der Waals surface area contributed by atoms with Gasteiger partial charge in [0.2, 0.25) is 0 Å².